The van der Waals surface area contributed by atoms with Crippen LogP contribution >= 0.6 is 0 Å². The first-order valence-corrected chi connectivity index (χ1v) is 4.82. The fourth-order valence-electron chi connectivity index (χ4n) is 1.71. The zero-order valence-electron chi connectivity index (χ0n) is 9.06. The molecule has 1 rings (SSSR count). The summed E-state index contributed by atoms with van der Waals surface area (Å²) in [5.74, 6) is -0.295. The van der Waals surface area contributed by atoms with Crippen molar-refractivity contribution in [1.29, 1.82) is 0 Å². The lowest BCUT2D eigenvalue weighted by molar-refractivity contribution is -0.135. The molecule has 82 valence electrons. The van der Waals surface area contributed by atoms with Gasteiger partial charge < -0.3 is 15.4 Å². The van der Waals surface area contributed by atoms with Crippen LogP contribution in [0.4, 0.5) is 0 Å². The van der Waals surface area contributed by atoms with E-state index >= 15 is 0 Å². The Kier molecular flexibility index (Phi) is 3.86. The average Bonchev–Trinajstić information content (AvgIpc) is 2.16. The highest BCUT2D eigenvalue weighted by atomic mass is 16.5. The molecule has 1 saturated heterocycles. The van der Waals surface area contributed by atoms with Gasteiger partial charge in [0.2, 0.25) is 5.91 Å². The van der Waals surface area contributed by atoms with Crippen LogP contribution in [0, 0.1) is 0 Å². The van der Waals surface area contributed by atoms with Crippen molar-refractivity contribution in [2.75, 3.05) is 33.8 Å². The highest BCUT2D eigenvalue weighted by Crippen LogP contribution is 2.12. The summed E-state index contributed by atoms with van der Waals surface area (Å²) in [6.07, 6.45) is -0.0313. The van der Waals surface area contributed by atoms with Crippen molar-refractivity contribution in [2.24, 2.45) is 5.73 Å². The second kappa shape index (κ2) is 4.72. The minimum Gasteiger partial charge on any atom is -0.368 e. The summed E-state index contributed by atoms with van der Waals surface area (Å²) >= 11 is 0. The number of rotatable bonds is 3. The van der Waals surface area contributed by atoms with Crippen LogP contribution in [0.5, 0.6) is 0 Å². The van der Waals surface area contributed by atoms with E-state index in [0.717, 1.165) is 19.6 Å². The second-order valence-corrected chi connectivity index (χ2v) is 3.77. The number of nitrogens with zero attached hydrogens (tertiary/aromatic N) is 2. The summed E-state index contributed by atoms with van der Waals surface area (Å²) in [6.45, 7) is 4.39. The number of carbonyl (C=O) groups excluding carboxylic acids is 1. The molecule has 1 heterocycles. The third kappa shape index (κ3) is 2.43. The molecule has 0 aromatic carbocycles. The van der Waals surface area contributed by atoms with E-state index < -0.39 is 0 Å². The van der Waals surface area contributed by atoms with Gasteiger partial charge >= 0.3 is 0 Å². The summed E-state index contributed by atoms with van der Waals surface area (Å²) in [6, 6.07) is -0.256. The lowest BCUT2D eigenvalue weighted by Crippen LogP contribution is -2.58. The molecular weight excluding hydrogens is 182 g/mol. The molecule has 14 heavy (non-hydrogen) atoms. The number of likely N-dealkylation sites (N-methyl/N-ethyl adjacent to an activating group) is 1. The van der Waals surface area contributed by atoms with Gasteiger partial charge in [0.1, 0.15) is 6.23 Å². The largest absolute Gasteiger partial charge is 0.368 e. The standard InChI is InChI=1S/C9H19N3O2/c1-7(9(10)13)12-5-4-11(2)6-8(12)14-3/h7-8H,4-6H2,1-3H3,(H2,10,13). The number of amides is 1. The van der Waals surface area contributed by atoms with Gasteiger partial charge in [-0.3, -0.25) is 9.69 Å². The summed E-state index contributed by atoms with van der Waals surface area (Å²) in [4.78, 5) is 15.2. The lowest BCUT2D eigenvalue weighted by Gasteiger charge is -2.41. The van der Waals surface area contributed by atoms with E-state index in [1.54, 1.807) is 7.11 Å². The molecule has 5 heteroatoms. The molecule has 2 unspecified atom stereocenters. The van der Waals surface area contributed by atoms with Gasteiger partial charge in [0.15, 0.2) is 0 Å². The SMILES string of the molecule is COC1CN(C)CCN1C(C)C(N)=O. The number of hydrogen-bond acceptors (Lipinski definition) is 4. The minimum absolute atomic E-state index is 0.0313. The van der Waals surface area contributed by atoms with Crippen molar-refractivity contribution in [3.8, 4) is 0 Å². The first-order valence-electron chi connectivity index (χ1n) is 4.82. The Balaban J connectivity index is 2.62. The molecule has 1 aliphatic rings. The number of ether oxygens (including phenoxy) is 1. The maximum absolute atomic E-state index is 11.1. The van der Waals surface area contributed by atoms with E-state index in [2.05, 4.69) is 4.90 Å². The van der Waals surface area contributed by atoms with Gasteiger partial charge in [0.05, 0.1) is 6.04 Å². The molecule has 0 bridgehead atoms. The molecule has 5 nitrogen and oxygen atoms in total. The highest BCUT2D eigenvalue weighted by molar-refractivity contribution is 5.79. The van der Waals surface area contributed by atoms with Crippen molar-refractivity contribution < 1.29 is 9.53 Å². The molecule has 1 fully saturated rings. The molecule has 0 aliphatic carbocycles. The quantitative estimate of drug-likeness (QED) is 0.641. The van der Waals surface area contributed by atoms with E-state index in [9.17, 15) is 4.79 Å². The smallest absolute Gasteiger partial charge is 0.234 e. The number of carbonyl (C=O) groups is 1. The Bertz CT molecular complexity index is 210. The fraction of sp³-hybridized carbons (Fsp3) is 0.889. The van der Waals surface area contributed by atoms with E-state index in [4.69, 9.17) is 10.5 Å². The van der Waals surface area contributed by atoms with Crippen LogP contribution in [0.15, 0.2) is 0 Å². The molecule has 1 aliphatic heterocycles. The highest BCUT2D eigenvalue weighted by Gasteiger charge is 2.30. The number of methoxy groups -OCH3 is 1. The predicted molar refractivity (Wildman–Crippen MR) is 53.7 cm³/mol. The van der Waals surface area contributed by atoms with Gasteiger partial charge in [-0.15, -0.1) is 0 Å². The van der Waals surface area contributed by atoms with E-state index in [1.807, 2.05) is 18.9 Å². The van der Waals surface area contributed by atoms with Crippen LogP contribution in [0.25, 0.3) is 0 Å². The predicted octanol–water partition coefficient (Wildman–Crippen LogP) is -0.920. The van der Waals surface area contributed by atoms with E-state index in [-0.39, 0.29) is 18.2 Å². The van der Waals surface area contributed by atoms with Crippen LogP contribution in [-0.2, 0) is 9.53 Å². The van der Waals surface area contributed by atoms with Gasteiger partial charge in [-0.1, -0.05) is 0 Å². The number of nitrogens with two attached hydrogens (primary N) is 1. The summed E-state index contributed by atoms with van der Waals surface area (Å²) in [5.41, 5.74) is 5.27. The average molecular weight is 201 g/mol. The van der Waals surface area contributed by atoms with Gasteiger partial charge in [-0.2, -0.15) is 0 Å². The maximum atomic E-state index is 11.1. The molecule has 0 spiro atoms. The Labute approximate surface area is 84.8 Å². The number of primary amides is 1. The first kappa shape index (κ1) is 11.4. The lowest BCUT2D eigenvalue weighted by atomic mass is 10.2. The Morgan fingerprint density at radius 1 is 1.57 bits per heavy atom. The molecule has 0 aromatic rings. The van der Waals surface area contributed by atoms with Gasteiger partial charge in [-0.25, -0.2) is 0 Å². The zero-order valence-corrected chi connectivity index (χ0v) is 9.06. The van der Waals surface area contributed by atoms with Crippen LogP contribution in [0.3, 0.4) is 0 Å². The molecular formula is C9H19N3O2. The maximum Gasteiger partial charge on any atom is 0.234 e. The van der Waals surface area contributed by atoms with Crippen molar-refractivity contribution in [2.45, 2.75) is 19.2 Å². The topological polar surface area (TPSA) is 58.8 Å². The molecule has 0 aromatic heterocycles. The Morgan fingerprint density at radius 2 is 2.21 bits per heavy atom. The van der Waals surface area contributed by atoms with Crippen molar-refractivity contribution in [3.63, 3.8) is 0 Å². The van der Waals surface area contributed by atoms with Crippen molar-refractivity contribution in [1.82, 2.24) is 9.80 Å². The zero-order chi connectivity index (χ0) is 10.7. The van der Waals surface area contributed by atoms with Gasteiger partial charge in [0, 0.05) is 26.7 Å². The molecule has 0 radical (unpaired) electrons. The monoisotopic (exact) mass is 201 g/mol. The van der Waals surface area contributed by atoms with Crippen LogP contribution in [0.1, 0.15) is 6.92 Å². The molecule has 2 atom stereocenters. The van der Waals surface area contributed by atoms with E-state index in [0.29, 0.717) is 0 Å². The third-order valence-corrected chi connectivity index (χ3v) is 2.76. The first-order chi connectivity index (χ1) is 6.56. The Morgan fingerprint density at radius 3 is 2.71 bits per heavy atom. The normalized spacial score (nSPS) is 27.5. The van der Waals surface area contributed by atoms with Crippen molar-refractivity contribution >= 4 is 5.91 Å². The van der Waals surface area contributed by atoms with Crippen LogP contribution < -0.4 is 5.73 Å². The number of hydrogen-bond donors (Lipinski definition) is 1. The summed E-state index contributed by atoms with van der Waals surface area (Å²) < 4.78 is 5.32. The molecule has 2 N–H and O–H groups in total. The van der Waals surface area contributed by atoms with E-state index in [1.165, 1.54) is 0 Å². The fourth-order valence-corrected chi connectivity index (χ4v) is 1.71. The number of piperazine rings is 1. The Hall–Kier alpha value is -0.650. The molecule has 0 saturated carbocycles. The summed E-state index contributed by atoms with van der Waals surface area (Å²) in [5, 5.41) is 0. The van der Waals surface area contributed by atoms with Crippen molar-refractivity contribution in [3.05, 3.63) is 0 Å². The second-order valence-electron chi connectivity index (χ2n) is 3.77. The van der Waals surface area contributed by atoms with Crippen LogP contribution in [-0.4, -0.2) is 61.8 Å². The van der Waals surface area contributed by atoms with Gasteiger partial charge in [0.25, 0.3) is 0 Å². The minimum atomic E-state index is -0.295. The van der Waals surface area contributed by atoms with Crippen LogP contribution in [0.2, 0.25) is 0 Å². The summed E-state index contributed by atoms with van der Waals surface area (Å²) in [7, 11) is 3.70. The third-order valence-electron chi connectivity index (χ3n) is 2.76. The van der Waals surface area contributed by atoms with Gasteiger partial charge in [-0.05, 0) is 14.0 Å². The molecule has 1 amide bonds.